The summed E-state index contributed by atoms with van der Waals surface area (Å²) in [6.45, 7) is 5.50. The predicted octanol–water partition coefficient (Wildman–Crippen LogP) is 2.90. The second-order valence-corrected chi connectivity index (χ2v) is 6.59. The third-order valence-corrected chi connectivity index (χ3v) is 4.61. The van der Waals surface area contributed by atoms with Crippen molar-refractivity contribution in [2.75, 3.05) is 19.8 Å². The minimum Gasteiger partial charge on any atom is -0.378 e. The van der Waals surface area contributed by atoms with Gasteiger partial charge in [0.1, 0.15) is 0 Å². The number of amides is 1. The first-order chi connectivity index (χ1) is 12.2. The van der Waals surface area contributed by atoms with Gasteiger partial charge in [0.05, 0.1) is 13.2 Å². The summed E-state index contributed by atoms with van der Waals surface area (Å²) in [6, 6.07) is 18.5. The molecule has 1 aliphatic rings. The van der Waals surface area contributed by atoms with Crippen molar-refractivity contribution in [2.24, 2.45) is 0 Å². The Morgan fingerprint density at radius 1 is 1.12 bits per heavy atom. The van der Waals surface area contributed by atoms with E-state index in [1.807, 2.05) is 35.2 Å². The third-order valence-electron chi connectivity index (χ3n) is 4.61. The largest absolute Gasteiger partial charge is 0.378 e. The molecule has 2 aromatic rings. The molecule has 0 saturated carbocycles. The molecule has 0 aromatic heterocycles. The lowest BCUT2D eigenvalue weighted by Gasteiger charge is -2.28. The molecule has 1 saturated heterocycles. The average molecular weight is 338 g/mol. The Balaban J connectivity index is 1.73. The van der Waals surface area contributed by atoms with Gasteiger partial charge in [0.2, 0.25) is 5.91 Å². The lowest BCUT2D eigenvalue weighted by atomic mass is 10.1. The van der Waals surface area contributed by atoms with Crippen LogP contribution in [-0.4, -0.2) is 36.6 Å². The van der Waals surface area contributed by atoms with Crippen LogP contribution in [-0.2, 0) is 22.6 Å². The van der Waals surface area contributed by atoms with E-state index in [0.29, 0.717) is 26.1 Å². The van der Waals surface area contributed by atoms with Crippen LogP contribution in [0, 0.1) is 6.92 Å². The third kappa shape index (κ3) is 5.15. The molecule has 0 spiro atoms. The van der Waals surface area contributed by atoms with E-state index in [4.69, 9.17) is 4.74 Å². The fourth-order valence-electron chi connectivity index (χ4n) is 3.12. The summed E-state index contributed by atoms with van der Waals surface area (Å²) in [4.78, 5) is 14.9. The van der Waals surface area contributed by atoms with E-state index in [1.165, 1.54) is 11.1 Å². The Morgan fingerprint density at radius 3 is 2.60 bits per heavy atom. The van der Waals surface area contributed by atoms with Gasteiger partial charge in [0.15, 0.2) is 0 Å². The van der Waals surface area contributed by atoms with Crippen molar-refractivity contribution in [3.8, 4) is 0 Å². The Kier molecular flexibility index (Phi) is 6.20. The van der Waals surface area contributed by atoms with Crippen LogP contribution in [0.4, 0.5) is 0 Å². The highest BCUT2D eigenvalue weighted by Crippen LogP contribution is 2.15. The number of carbonyl (C=O) groups is 1. The Morgan fingerprint density at radius 2 is 1.88 bits per heavy atom. The molecule has 0 radical (unpaired) electrons. The maximum absolute atomic E-state index is 13.0. The molecule has 1 amide bonds. The first-order valence-corrected chi connectivity index (χ1v) is 8.89. The normalized spacial score (nSPS) is 17.2. The van der Waals surface area contributed by atoms with Crippen molar-refractivity contribution in [3.05, 3.63) is 71.3 Å². The second-order valence-electron chi connectivity index (χ2n) is 6.59. The van der Waals surface area contributed by atoms with Gasteiger partial charge in [-0.3, -0.25) is 4.79 Å². The van der Waals surface area contributed by atoms with Gasteiger partial charge in [-0.25, -0.2) is 0 Å². The monoisotopic (exact) mass is 338 g/mol. The number of nitrogens with zero attached hydrogens (tertiary/aromatic N) is 1. The smallest absolute Gasteiger partial charge is 0.224 e. The van der Waals surface area contributed by atoms with Crippen LogP contribution in [0.3, 0.4) is 0 Å². The number of carbonyl (C=O) groups excluding carboxylic acids is 1. The minimum absolute atomic E-state index is 0.108. The summed E-state index contributed by atoms with van der Waals surface area (Å²) in [7, 11) is 0. The van der Waals surface area contributed by atoms with E-state index in [9.17, 15) is 4.79 Å². The Bertz CT molecular complexity index is 681. The molecule has 1 atom stereocenters. The maximum Gasteiger partial charge on any atom is 0.224 e. The van der Waals surface area contributed by atoms with Crippen LogP contribution in [0.15, 0.2) is 54.6 Å². The van der Waals surface area contributed by atoms with Crippen molar-refractivity contribution >= 4 is 5.91 Å². The van der Waals surface area contributed by atoms with Crippen molar-refractivity contribution in [1.29, 1.82) is 0 Å². The predicted molar refractivity (Wildman–Crippen MR) is 99.1 cm³/mol. The lowest BCUT2D eigenvalue weighted by Crippen LogP contribution is -2.45. The standard InChI is InChI=1S/C21H26N2O2/c1-17-7-5-6-10-19(17)15-23(14-18-8-3-2-4-9-18)21(24)13-20-16-25-12-11-22-20/h2-10,20,22H,11-16H2,1H3. The van der Waals surface area contributed by atoms with Crippen LogP contribution >= 0.6 is 0 Å². The number of rotatable bonds is 6. The summed E-state index contributed by atoms with van der Waals surface area (Å²) in [5.74, 6) is 0.162. The molecule has 2 aromatic carbocycles. The molecule has 0 aliphatic carbocycles. The Labute approximate surface area is 149 Å². The van der Waals surface area contributed by atoms with E-state index in [1.54, 1.807) is 0 Å². The van der Waals surface area contributed by atoms with Crippen LogP contribution in [0.5, 0.6) is 0 Å². The Hall–Kier alpha value is -2.17. The van der Waals surface area contributed by atoms with Crippen LogP contribution < -0.4 is 5.32 Å². The lowest BCUT2D eigenvalue weighted by molar-refractivity contribution is -0.133. The fraction of sp³-hybridized carbons (Fsp3) is 0.381. The summed E-state index contributed by atoms with van der Waals surface area (Å²) >= 11 is 0. The molecular formula is C21H26N2O2. The van der Waals surface area contributed by atoms with Crippen molar-refractivity contribution < 1.29 is 9.53 Å². The summed E-state index contributed by atoms with van der Waals surface area (Å²) in [5.41, 5.74) is 3.56. The van der Waals surface area contributed by atoms with E-state index < -0.39 is 0 Å². The molecule has 1 N–H and O–H groups in total. The molecule has 1 unspecified atom stereocenters. The zero-order valence-electron chi connectivity index (χ0n) is 14.8. The van der Waals surface area contributed by atoms with Gasteiger partial charge in [-0.2, -0.15) is 0 Å². The number of hydrogen-bond acceptors (Lipinski definition) is 3. The molecule has 1 fully saturated rings. The zero-order chi connectivity index (χ0) is 17.5. The number of ether oxygens (including phenoxy) is 1. The summed E-state index contributed by atoms with van der Waals surface area (Å²) in [5, 5.41) is 3.37. The second kappa shape index (κ2) is 8.79. The average Bonchev–Trinajstić information content (AvgIpc) is 2.64. The van der Waals surface area contributed by atoms with Gasteiger partial charge in [0, 0.05) is 32.1 Å². The highest BCUT2D eigenvalue weighted by molar-refractivity contribution is 5.77. The number of aryl methyl sites for hydroxylation is 1. The summed E-state index contributed by atoms with van der Waals surface area (Å²) < 4.78 is 5.49. The molecular weight excluding hydrogens is 312 g/mol. The molecule has 4 nitrogen and oxygen atoms in total. The van der Waals surface area contributed by atoms with E-state index >= 15 is 0 Å². The SMILES string of the molecule is Cc1ccccc1CN(Cc1ccccc1)C(=O)CC1COCCN1. The molecule has 4 heteroatoms. The number of hydrogen-bond donors (Lipinski definition) is 1. The molecule has 0 bridgehead atoms. The number of morpholine rings is 1. The summed E-state index contributed by atoms with van der Waals surface area (Å²) in [6.07, 6.45) is 0.471. The van der Waals surface area contributed by atoms with Crippen molar-refractivity contribution in [1.82, 2.24) is 10.2 Å². The van der Waals surface area contributed by atoms with Gasteiger partial charge >= 0.3 is 0 Å². The highest BCUT2D eigenvalue weighted by atomic mass is 16.5. The zero-order valence-corrected chi connectivity index (χ0v) is 14.8. The molecule has 25 heavy (non-hydrogen) atoms. The van der Waals surface area contributed by atoms with Gasteiger partial charge in [-0.1, -0.05) is 54.6 Å². The van der Waals surface area contributed by atoms with Crippen LogP contribution in [0.1, 0.15) is 23.1 Å². The van der Waals surface area contributed by atoms with Crippen LogP contribution in [0.2, 0.25) is 0 Å². The van der Waals surface area contributed by atoms with Crippen molar-refractivity contribution in [2.45, 2.75) is 32.5 Å². The molecule has 3 rings (SSSR count). The van der Waals surface area contributed by atoms with Gasteiger partial charge in [-0.05, 0) is 23.6 Å². The topological polar surface area (TPSA) is 41.6 Å². The highest BCUT2D eigenvalue weighted by Gasteiger charge is 2.22. The molecule has 1 heterocycles. The minimum atomic E-state index is 0.108. The first kappa shape index (κ1) is 17.6. The van der Waals surface area contributed by atoms with E-state index in [2.05, 4.69) is 36.5 Å². The molecule has 132 valence electrons. The van der Waals surface area contributed by atoms with Gasteiger partial charge in [0.25, 0.3) is 0 Å². The number of nitrogens with one attached hydrogen (secondary N) is 1. The fourth-order valence-corrected chi connectivity index (χ4v) is 3.12. The van der Waals surface area contributed by atoms with Gasteiger partial charge in [-0.15, -0.1) is 0 Å². The van der Waals surface area contributed by atoms with E-state index in [0.717, 1.165) is 18.7 Å². The van der Waals surface area contributed by atoms with Crippen LogP contribution in [0.25, 0.3) is 0 Å². The van der Waals surface area contributed by atoms with E-state index in [-0.39, 0.29) is 11.9 Å². The van der Waals surface area contributed by atoms with Crippen molar-refractivity contribution in [3.63, 3.8) is 0 Å². The number of benzene rings is 2. The quantitative estimate of drug-likeness (QED) is 0.880. The maximum atomic E-state index is 13.0. The first-order valence-electron chi connectivity index (χ1n) is 8.89. The van der Waals surface area contributed by atoms with Gasteiger partial charge < -0.3 is 15.0 Å². The molecule has 1 aliphatic heterocycles.